The molecule has 23 heavy (non-hydrogen) atoms. The zero-order valence-electron chi connectivity index (χ0n) is 12.8. The highest BCUT2D eigenvalue weighted by molar-refractivity contribution is 6.05. The molecule has 1 saturated heterocycles. The van der Waals surface area contributed by atoms with E-state index in [1.165, 1.54) is 0 Å². The van der Waals surface area contributed by atoms with Gasteiger partial charge in [-0.3, -0.25) is 4.79 Å². The maximum absolute atomic E-state index is 12.2. The summed E-state index contributed by atoms with van der Waals surface area (Å²) >= 11 is 0. The first-order chi connectivity index (χ1) is 11.1. The lowest BCUT2D eigenvalue weighted by Crippen LogP contribution is -2.32. The van der Waals surface area contributed by atoms with Gasteiger partial charge in [0.1, 0.15) is 0 Å². The van der Waals surface area contributed by atoms with Gasteiger partial charge in [0, 0.05) is 19.2 Å². The molecule has 1 aliphatic heterocycles. The molecule has 0 saturated carbocycles. The second-order valence-electron chi connectivity index (χ2n) is 5.46. The Morgan fingerprint density at radius 2 is 1.78 bits per heavy atom. The molecule has 0 spiro atoms. The van der Waals surface area contributed by atoms with Gasteiger partial charge in [-0.25, -0.2) is 4.79 Å². The summed E-state index contributed by atoms with van der Waals surface area (Å²) in [5.41, 5.74) is 1.69. The molecule has 0 radical (unpaired) electrons. The second-order valence-corrected chi connectivity index (χ2v) is 5.46. The summed E-state index contributed by atoms with van der Waals surface area (Å²) in [5.74, 6) is -0.281. The molecule has 1 aromatic heterocycles. The number of amides is 3. The van der Waals surface area contributed by atoms with E-state index in [0.29, 0.717) is 17.1 Å². The molecular formula is C16H18N4O3. The number of para-hydroxylation sites is 2. The van der Waals surface area contributed by atoms with Gasteiger partial charge in [-0.15, -0.1) is 0 Å². The van der Waals surface area contributed by atoms with Gasteiger partial charge in [-0.1, -0.05) is 17.3 Å². The quantitative estimate of drug-likeness (QED) is 0.912. The van der Waals surface area contributed by atoms with Crippen LogP contribution in [0.4, 0.5) is 16.2 Å². The van der Waals surface area contributed by atoms with Crippen molar-refractivity contribution < 1.29 is 14.1 Å². The lowest BCUT2D eigenvalue weighted by Gasteiger charge is -2.18. The molecule has 1 fully saturated rings. The van der Waals surface area contributed by atoms with Crippen molar-refractivity contribution >= 4 is 23.3 Å². The average molecular weight is 314 g/mol. The summed E-state index contributed by atoms with van der Waals surface area (Å²) in [6.45, 7) is 3.26. The van der Waals surface area contributed by atoms with Crippen LogP contribution in [0.3, 0.4) is 0 Å². The Balaban J connectivity index is 1.72. The van der Waals surface area contributed by atoms with Crippen LogP contribution in [0.15, 0.2) is 34.9 Å². The summed E-state index contributed by atoms with van der Waals surface area (Å²) in [6, 6.07) is 8.46. The Morgan fingerprint density at radius 3 is 2.39 bits per heavy atom. The van der Waals surface area contributed by atoms with Crippen molar-refractivity contribution in [3.05, 3.63) is 41.8 Å². The molecule has 3 amide bonds. The number of nitrogens with one attached hydrogen (secondary N) is 2. The number of hydrogen-bond acceptors (Lipinski definition) is 4. The monoisotopic (exact) mass is 314 g/mol. The highest BCUT2D eigenvalue weighted by Gasteiger charge is 2.19. The number of carbonyl (C=O) groups excluding carboxylic acids is 2. The van der Waals surface area contributed by atoms with Gasteiger partial charge < -0.3 is 20.1 Å². The Labute approximate surface area is 133 Å². The van der Waals surface area contributed by atoms with Crippen LogP contribution < -0.4 is 10.6 Å². The van der Waals surface area contributed by atoms with Gasteiger partial charge in [0.2, 0.25) is 5.76 Å². The van der Waals surface area contributed by atoms with Crippen LogP contribution in [-0.4, -0.2) is 35.1 Å². The number of urea groups is 1. The van der Waals surface area contributed by atoms with E-state index in [-0.39, 0.29) is 11.8 Å². The molecule has 1 aromatic carbocycles. The first-order valence-electron chi connectivity index (χ1n) is 7.53. The predicted molar refractivity (Wildman–Crippen MR) is 85.5 cm³/mol. The smallest absolute Gasteiger partial charge is 0.321 e. The molecule has 2 N–H and O–H groups in total. The normalized spacial score (nSPS) is 13.9. The van der Waals surface area contributed by atoms with Crippen LogP contribution in [0.1, 0.15) is 29.1 Å². The molecule has 0 unspecified atom stereocenters. The van der Waals surface area contributed by atoms with Crippen molar-refractivity contribution in [3.8, 4) is 0 Å². The molecule has 2 aromatic rings. The minimum Gasteiger partial charge on any atom is -0.351 e. The minimum atomic E-state index is -0.409. The van der Waals surface area contributed by atoms with E-state index in [2.05, 4.69) is 15.8 Å². The largest absolute Gasteiger partial charge is 0.351 e. The number of hydrogen-bond donors (Lipinski definition) is 2. The standard InChI is InChI=1S/C16H18N4O3/c1-11-10-14(23-19-11)15(21)17-12-6-2-3-7-13(12)18-16(22)20-8-4-5-9-20/h2-3,6-7,10H,4-5,8-9H2,1H3,(H,17,21)(H,18,22). The van der Waals surface area contributed by atoms with Gasteiger partial charge in [0.15, 0.2) is 0 Å². The first kappa shape index (κ1) is 15.1. The third-order valence-electron chi connectivity index (χ3n) is 3.66. The topological polar surface area (TPSA) is 87.5 Å². The third-order valence-corrected chi connectivity index (χ3v) is 3.66. The number of anilines is 2. The van der Waals surface area contributed by atoms with E-state index in [4.69, 9.17) is 4.52 Å². The molecular weight excluding hydrogens is 296 g/mol. The molecule has 120 valence electrons. The zero-order chi connectivity index (χ0) is 16.2. The molecule has 1 aliphatic rings. The molecule has 7 heteroatoms. The van der Waals surface area contributed by atoms with Crippen molar-refractivity contribution in [1.29, 1.82) is 0 Å². The van der Waals surface area contributed by atoms with Gasteiger partial charge in [-0.05, 0) is 31.9 Å². The van der Waals surface area contributed by atoms with Crippen LogP contribution in [0.2, 0.25) is 0 Å². The van der Waals surface area contributed by atoms with E-state index in [1.807, 2.05) is 0 Å². The van der Waals surface area contributed by atoms with Crippen LogP contribution in [0.5, 0.6) is 0 Å². The highest BCUT2D eigenvalue weighted by Crippen LogP contribution is 2.23. The van der Waals surface area contributed by atoms with Crippen LogP contribution in [0.25, 0.3) is 0 Å². The summed E-state index contributed by atoms with van der Waals surface area (Å²) in [7, 11) is 0. The highest BCUT2D eigenvalue weighted by atomic mass is 16.5. The van der Waals surface area contributed by atoms with Gasteiger partial charge in [0.25, 0.3) is 5.91 Å². The lowest BCUT2D eigenvalue weighted by molar-refractivity contribution is 0.0988. The van der Waals surface area contributed by atoms with Crippen LogP contribution in [0, 0.1) is 6.92 Å². The number of aryl methyl sites for hydroxylation is 1. The van der Waals surface area contributed by atoms with E-state index in [0.717, 1.165) is 25.9 Å². The number of nitrogens with zero attached hydrogens (tertiary/aromatic N) is 2. The molecule has 0 bridgehead atoms. The number of likely N-dealkylation sites (tertiary alicyclic amines) is 1. The maximum atomic E-state index is 12.2. The summed E-state index contributed by atoms with van der Waals surface area (Å²) in [6.07, 6.45) is 2.05. The molecule has 0 atom stereocenters. The van der Waals surface area contributed by atoms with Gasteiger partial charge in [0.05, 0.1) is 17.1 Å². The number of rotatable bonds is 3. The number of benzene rings is 1. The van der Waals surface area contributed by atoms with Crippen molar-refractivity contribution in [2.75, 3.05) is 23.7 Å². The Morgan fingerprint density at radius 1 is 1.13 bits per heavy atom. The lowest BCUT2D eigenvalue weighted by atomic mass is 10.2. The van der Waals surface area contributed by atoms with Crippen LogP contribution in [-0.2, 0) is 0 Å². The van der Waals surface area contributed by atoms with Crippen molar-refractivity contribution in [1.82, 2.24) is 10.1 Å². The van der Waals surface area contributed by atoms with Crippen molar-refractivity contribution in [2.45, 2.75) is 19.8 Å². The number of aromatic nitrogens is 1. The van der Waals surface area contributed by atoms with E-state index in [1.54, 1.807) is 42.2 Å². The van der Waals surface area contributed by atoms with E-state index in [9.17, 15) is 9.59 Å². The van der Waals surface area contributed by atoms with E-state index >= 15 is 0 Å². The number of carbonyl (C=O) groups is 2. The fourth-order valence-corrected chi connectivity index (χ4v) is 2.47. The molecule has 7 nitrogen and oxygen atoms in total. The van der Waals surface area contributed by atoms with Crippen LogP contribution >= 0.6 is 0 Å². The minimum absolute atomic E-state index is 0.128. The second kappa shape index (κ2) is 6.51. The Kier molecular flexibility index (Phi) is 4.27. The van der Waals surface area contributed by atoms with Crippen molar-refractivity contribution in [3.63, 3.8) is 0 Å². The average Bonchev–Trinajstić information content (AvgIpc) is 3.20. The van der Waals surface area contributed by atoms with E-state index < -0.39 is 5.91 Å². The Hall–Kier alpha value is -2.83. The Bertz CT molecular complexity index is 720. The summed E-state index contributed by atoms with van der Waals surface area (Å²) in [4.78, 5) is 26.1. The predicted octanol–water partition coefficient (Wildman–Crippen LogP) is 2.86. The summed E-state index contributed by atoms with van der Waals surface area (Å²) in [5, 5.41) is 9.26. The SMILES string of the molecule is Cc1cc(C(=O)Nc2ccccc2NC(=O)N2CCCC2)on1. The fraction of sp³-hybridized carbons (Fsp3) is 0.312. The summed E-state index contributed by atoms with van der Waals surface area (Å²) < 4.78 is 4.94. The van der Waals surface area contributed by atoms with Crippen molar-refractivity contribution in [2.24, 2.45) is 0 Å². The maximum Gasteiger partial charge on any atom is 0.321 e. The molecule has 2 heterocycles. The van der Waals surface area contributed by atoms with Gasteiger partial charge >= 0.3 is 6.03 Å². The van der Waals surface area contributed by atoms with Gasteiger partial charge in [-0.2, -0.15) is 0 Å². The molecule has 3 rings (SSSR count). The molecule has 0 aliphatic carbocycles. The zero-order valence-corrected chi connectivity index (χ0v) is 12.8. The fourth-order valence-electron chi connectivity index (χ4n) is 2.47. The third kappa shape index (κ3) is 3.50. The first-order valence-corrected chi connectivity index (χ1v) is 7.53.